The van der Waals surface area contributed by atoms with Gasteiger partial charge in [0.1, 0.15) is 0 Å². The number of carbonyl (C=O) groups excluding carboxylic acids is 3. The molecule has 25 heavy (non-hydrogen) atoms. The number of hydrogen-bond acceptors (Lipinski definition) is 5. The number of carbonyl (C=O) groups is 3. The van der Waals surface area contributed by atoms with E-state index in [-0.39, 0.29) is 23.9 Å². The van der Waals surface area contributed by atoms with Gasteiger partial charge in [-0.25, -0.2) is 19.7 Å². The fourth-order valence-corrected chi connectivity index (χ4v) is 2.21. The van der Waals surface area contributed by atoms with Gasteiger partial charge in [0, 0.05) is 11.3 Å². The first-order valence-electron chi connectivity index (χ1n) is 7.58. The lowest BCUT2D eigenvalue weighted by Crippen LogP contribution is -2.28. The minimum atomic E-state index is -0.729. The topological polar surface area (TPSA) is 98.7 Å². The summed E-state index contributed by atoms with van der Waals surface area (Å²) in [5.74, 6) is -1.10. The average Bonchev–Trinajstić information content (AvgIpc) is 2.90. The Morgan fingerprint density at radius 2 is 1.84 bits per heavy atom. The normalized spacial score (nSPS) is 10.0. The van der Waals surface area contributed by atoms with Gasteiger partial charge >= 0.3 is 12.1 Å². The first-order chi connectivity index (χ1) is 12.0. The number of ether oxygens (including phenoxy) is 2. The summed E-state index contributed by atoms with van der Waals surface area (Å²) in [7, 11) is 1.21. The van der Waals surface area contributed by atoms with Crippen molar-refractivity contribution < 1.29 is 23.9 Å². The van der Waals surface area contributed by atoms with Crippen molar-refractivity contribution in [3.05, 3.63) is 53.3 Å². The molecule has 8 nitrogen and oxygen atoms in total. The first-order valence-corrected chi connectivity index (χ1v) is 7.58. The van der Waals surface area contributed by atoms with Crippen molar-refractivity contribution in [2.45, 2.75) is 13.8 Å². The van der Waals surface area contributed by atoms with Crippen molar-refractivity contribution in [3.63, 3.8) is 0 Å². The summed E-state index contributed by atoms with van der Waals surface area (Å²) in [6, 6.07) is 10.1. The molecule has 0 saturated heterocycles. The molecule has 0 aliphatic carbocycles. The molecule has 0 saturated carbocycles. The Hall–Kier alpha value is -3.29. The number of esters is 1. The fourth-order valence-electron chi connectivity index (χ4n) is 2.21. The van der Waals surface area contributed by atoms with Crippen LogP contribution in [0.5, 0.6) is 0 Å². The molecule has 2 rings (SSSR count). The smallest absolute Gasteiger partial charge is 0.426 e. The number of aromatic nitrogens is 1. The Morgan fingerprint density at radius 3 is 2.44 bits per heavy atom. The van der Waals surface area contributed by atoms with Crippen LogP contribution in [0.1, 0.15) is 33.5 Å². The number of anilines is 1. The maximum absolute atomic E-state index is 12.3. The first kappa shape index (κ1) is 18.1. The molecule has 0 aliphatic heterocycles. The summed E-state index contributed by atoms with van der Waals surface area (Å²) in [5.41, 5.74) is 3.58. The molecule has 2 aromatic rings. The zero-order valence-electron chi connectivity index (χ0n) is 14.2. The molecular formula is C17H19N3O5. The zero-order valence-corrected chi connectivity index (χ0v) is 14.2. The maximum Gasteiger partial charge on any atom is 0.426 e. The van der Waals surface area contributed by atoms with Crippen molar-refractivity contribution in [2.75, 3.05) is 24.5 Å². The third kappa shape index (κ3) is 4.17. The summed E-state index contributed by atoms with van der Waals surface area (Å²) >= 11 is 0. The van der Waals surface area contributed by atoms with Crippen molar-refractivity contribution in [1.82, 2.24) is 4.68 Å². The maximum atomic E-state index is 12.3. The molecule has 0 atom stereocenters. The van der Waals surface area contributed by atoms with Crippen LogP contribution < -0.4 is 10.7 Å². The number of methoxy groups -OCH3 is 1. The fraction of sp³-hybridized carbons (Fsp3) is 0.235. The number of nitrogens with zero attached hydrogens (tertiary/aromatic N) is 1. The molecular weight excluding hydrogens is 326 g/mol. The van der Waals surface area contributed by atoms with E-state index in [4.69, 9.17) is 9.47 Å². The van der Waals surface area contributed by atoms with Gasteiger partial charge in [0.05, 0.1) is 19.4 Å². The van der Waals surface area contributed by atoms with Gasteiger partial charge in [-0.3, -0.25) is 4.79 Å². The molecule has 1 aromatic heterocycles. The largest absolute Gasteiger partial charge is 0.464 e. The van der Waals surface area contributed by atoms with Gasteiger partial charge in [0.25, 0.3) is 5.91 Å². The van der Waals surface area contributed by atoms with Crippen LogP contribution in [0, 0.1) is 6.92 Å². The molecule has 0 bridgehead atoms. The van der Waals surface area contributed by atoms with Crippen molar-refractivity contribution in [2.24, 2.45) is 0 Å². The summed E-state index contributed by atoms with van der Waals surface area (Å²) < 4.78 is 10.8. The minimum absolute atomic E-state index is 0.0164. The van der Waals surface area contributed by atoms with Gasteiger partial charge in [-0.05, 0) is 32.0 Å². The highest BCUT2D eigenvalue weighted by Crippen LogP contribution is 2.22. The second kappa shape index (κ2) is 8.00. The summed E-state index contributed by atoms with van der Waals surface area (Å²) in [6.45, 7) is 3.50. The SMILES string of the molecule is CCOC(=O)Nn1c(C)cc(NC(=O)c2ccccc2)c1C(=O)OC. The van der Waals surface area contributed by atoms with E-state index in [1.54, 1.807) is 50.2 Å². The lowest BCUT2D eigenvalue weighted by molar-refractivity contribution is 0.0591. The van der Waals surface area contributed by atoms with Crippen LogP contribution in [0.2, 0.25) is 0 Å². The zero-order chi connectivity index (χ0) is 18.4. The summed E-state index contributed by atoms with van der Waals surface area (Å²) in [6.07, 6.45) is -0.729. The number of amides is 2. The molecule has 132 valence electrons. The Bertz CT molecular complexity index is 783. The highest BCUT2D eigenvalue weighted by atomic mass is 16.6. The summed E-state index contributed by atoms with van der Waals surface area (Å²) in [4.78, 5) is 36.2. The molecule has 0 fully saturated rings. The van der Waals surface area contributed by atoms with E-state index in [2.05, 4.69) is 10.7 Å². The van der Waals surface area contributed by atoms with Crippen LogP contribution in [0.25, 0.3) is 0 Å². The summed E-state index contributed by atoms with van der Waals surface area (Å²) in [5, 5.41) is 2.66. The van der Waals surface area contributed by atoms with Crippen molar-refractivity contribution in [3.8, 4) is 0 Å². The number of benzene rings is 1. The number of hydrogen-bond donors (Lipinski definition) is 2. The molecule has 2 N–H and O–H groups in total. The molecule has 0 radical (unpaired) electrons. The third-order valence-corrected chi connectivity index (χ3v) is 3.33. The van der Waals surface area contributed by atoms with Crippen LogP contribution in [0.15, 0.2) is 36.4 Å². The quantitative estimate of drug-likeness (QED) is 0.812. The molecule has 0 aliphatic rings. The lowest BCUT2D eigenvalue weighted by atomic mass is 10.2. The molecule has 1 heterocycles. The van der Waals surface area contributed by atoms with E-state index in [0.717, 1.165) is 0 Å². The number of rotatable bonds is 5. The van der Waals surface area contributed by atoms with Gasteiger partial charge in [-0.15, -0.1) is 0 Å². The highest BCUT2D eigenvalue weighted by molar-refractivity contribution is 6.08. The highest BCUT2D eigenvalue weighted by Gasteiger charge is 2.23. The van der Waals surface area contributed by atoms with Gasteiger partial charge in [-0.2, -0.15) is 0 Å². The standard InChI is InChI=1S/C17H19N3O5/c1-4-25-17(23)19-20-11(2)10-13(14(20)16(22)24-3)18-15(21)12-8-6-5-7-9-12/h5-10H,4H2,1-3H3,(H,18,21)(H,19,23). The van der Waals surface area contributed by atoms with Crippen molar-refractivity contribution in [1.29, 1.82) is 0 Å². The van der Waals surface area contributed by atoms with Gasteiger partial charge in [-0.1, -0.05) is 18.2 Å². The Morgan fingerprint density at radius 1 is 1.16 bits per heavy atom. The van der Waals surface area contributed by atoms with E-state index in [9.17, 15) is 14.4 Å². The predicted molar refractivity (Wildman–Crippen MR) is 91.3 cm³/mol. The van der Waals surface area contributed by atoms with Crippen LogP contribution in [0.3, 0.4) is 0 Å². The number of nitrogens with one attached hydrogen (secondary N) is 2. The number of aryl methyl sites for hydroxylation is 1. The molecule has 1 aromatic carbocycles. The average molecular weight is 345 g/mol. The van der Waals surface area contributed by atoms with E-state index < -0.39 is 12.1 Å². The monoisotopic (exact) mass is 345 g/mol. The Balaban J connectivity index is 2.36. The Kier molecular flexibility index (Phi) is 5.78. The van der Waals surface area contributed by atoms with E-state index in [1.165, 1.54) is 11.8 Å². The van der Waals surface area contributed by atoms with E-state index in [1.807, 2.05) is 0 Å². The Labute approximate surface area is 144 Å². The third-order valence-electron chi connectivity index (χ3n) is 3.33. The van der Waals surface area contributed by atoms with Crippen molar-refractivity contribution >= 4 is 23.7 Å². The molecule has 0 unspecified atom stereocenters. The molecule has 2 amide bonds. The van der Waals surface area contributed by atoms with Gasteiger partial charge in [0.2, 0.25) is 0 Å². The van der Waals surface area contributed by atoms with E-state index in [0.29, 0.717) is 11.3 Å². The second-order valence-electron chi connectivity index (χ2n) is 5.03. The van der Waals surface area contributed by atoms with E-state index >= 15 is 0 Å². The molecule has 8 heteroatoms. The van der Waals surface area contributed by atoms with Crippen LogP contribution in [-0.2, 0) is 9.47 Å². The van der Waals surface area contributed by atoms with Crippen LogP contribution >= 0.6 is 0 Å². The van der Waals surface area contributed by atoms with Gasteiger partial charge in [0.15, 0.2) is 5.69 Å². The van der Waals surface area contributed by atoms with Gasteiger partial charge < -0.3 is 14.8 Å². The predicted octanol–water partition coefficient (Wildman–Crippen LogP) is 2.54. The molecule has 0 spiro atoms. The second-order valence-corrected chi connectivity index (χ2v) is 5.03. The lowest BCUT2D eigenvalue weighted by Gasteiger charge is -2.12. The minimum Gasteiger partial charge on any atom is -0.464 e. The van der Waals surface area contributed by atoms with Crippen LogP contribution in [-0.4, -0.2) is 36.4 Å². The van der Waals surface area contributed by atoms with Crippen LogP contribution in [0.4, 0.5) is 10.5 Å².